The molecule has 0 bridgehead atoms. The highest BCUT2D eigenvalue weighted by molar-refractivity contribution is 5.90. The predicted molar refractivity (Wildman–Crippen MR) is 59.4 cm³/mol. The van der Waals surface area contributed by atoms with Gasteiger partial charge in [-0.15, -0.1) is 0 Å². The van der Waals surface area contributed by atoms with Crippen LogP contribution in [0.1, 0.15) is 22.8 Å². The molecule has 0 N–H and O–H groups in total. The van der Waals surface area contributed by atoms with E-state index in [9.17, 15) is 22.8 Å². The molecule has 1 aliphatic carbocycles. The third-order valence-electron chi connectivity index (χ3n) is 3.21. The van der Waals surface area contributed by atoms with Crippen LogP contribution in [-0.2, 0) is 15.7 Å². The maximum Gasteiger partial charge on any atom is 0.416 e. The Kier molecular flexibility index (Phi) is 3.34. The molecule has 0 radical (unpaired) electrons. The minimum Gasteiger partial charge on any atom is -0.458 e. The van der Waals surface area contributed by atoms with Gasteiger partial charge >= 0.3 is 12.1 Å². The fourth-order valence-corrected chi connectivity index (χ4v) is 1.83. The normalized spacial score (nSPS) is 25.8. The van der Waals surface area contributed by atoms with Crippen LogP contribution in [0.25, 0.3) is 0 Å². The summed E-state index contributed by atoms with van der Waals surface area (Å²) in [4.78, 5) is 22.2. The van der Waals surface area contributed by atoms with Crippen LogP contribution >= 0.6 is 0 Å². The van der Waals surface area contributed by atoms with Crippen LogP contribution in [-0.4, -0.2) is 18.4 Å². The number of carbonyl (C=O) groups excluding carboxylic acids is 2. The molecule has 0 amide bonds. The summed E-state index contributed by atoms with van der Waals surface area (Å²) in [6.45, 7) is 1.77. The lowest BCUT2D eigenvalue weighted by Gasteiger charge is -2.07. The van der Waals surface area contributed by atoms with Crippen molar-refractivity contribution in [3.8, 4) is 0 Å². The monoisotopic (exact) mass is 272 g/mol. The number of hydrogen-bond acceptors (Lipinski definition) is 3. The quantitative estimate of drug-likeness (QED) is 0.627. The Bertz CT molecular complexity index is 493. The summed E-state index contributed by atoms with van der Waals surface area (Å²) in [5.41, 5.74) is -0.786. The van der Waals surface area contributed by atoms with E-state index in [1.165, 1.54) is 0 Å². The summed E-state index contributed by atoms with van der Waals surface area (Å²) in [5.74, 6) is -1.05. The summed E-state index contributed by atoms with van der Waals surface area (Å²) >= 11 is 0. The van der Waals surface area contributed by atoms with Gasteiger partial charge in [-0.05, 0) is 24.3 Å². The molecular weight excluding hydrogens is 261 g/mol. The van der Waals surface area contributed by atoms with Crippen molar-refractivity contribution in [1.82, 2.24) is 0 Å². The van der Waals surface area contributed by atoms with Crippen LogP contribution in [0.15, 0.2) is 24.3 Å². The Morgan fingerprint density at radius 2 is 1.84 bits per heavy atom. The van der Waals surface area contributed by atoms with E-state index in [0.717, 1.165) is 30.6 Å². The summed E-state index contributed by atoms with van der Waals surface area (Å²) in [6.07, 6.45) is -4.18. The van der Waals surface area contributed by atoms with Crippen LogP contribution < -0.4 is 0 Å². The molecule has 3 unspecified atom stereocenters. The molecular formula is C13H11F3O3. The number of halogens is 3. The molecule has 1 aliphatic rings. The van der Waals surface area contributed by atoms with Gasteiger partial charge in [-0.1, -0.05) is 6.92 Å². The van der Waals surface area contributed by atoms with Gasteiger partial charge in [-0.3, -0.25) is 0 Å². The average molecular weight is 272 g/mol. The fraction of sp³-hybridized carbons (Fsp3) is 0.385. The number of hydrogen-bond donors (Lipinski definition) is 0. The lowest BCUT2D eigenvalue weighted by molar-refractivity contribution is -0.137. The number of alkyl halides is 3. The fourth-order valence-electron chi connectivity index (χ4n) is 1.83. The Morgan fingerprint density at radius 3 is 2.26 bits per heavy atom. The maximum atomic E-state index is 12.3. The second-order valence-electron chi connectivity index (χ2n) is 4.52. The van der Waals surface area contributed by atoms with Crippen molar-refractivity contribution in [1.29, 1.82) is 0 Å². The first kappa shape index (κ1) is 13.6. The first-order chi connectivity index (χ1) is 8.84. The summed E-state index contributed by atoms with van der Waals surface area (Å²) in [6, 6.07) is 3.77. The zero-order valence-electron chi connectivity index (χ0n) is 9.98. The summed E-state index contributed by atoms with van der Waals surface area (Å²) in [7, 11) is 0. The van der Waals surface area contributed by atoms with E-state index in [2.05, 4.69) is 0 Å². The molecule has 19 heavy (non-hydrogen) atoms. The molecule has 102 valence electrons. The van der Waals surface area contributed by atoms with Gasteiger partial charge in [0.25, 0.3) is 0 Å². The van der Waals surface area contributed by atoms with Gasteiger partial charge in [0.1, 0.15) is 12.4 Å². The third kappa shape index (κ3) is 2.77. The van der Waals surface area contributed by atoms with Gasteiger partial charge in [0, 0.05) is 5.92 Å². The van der Waals surface area contributed by atoms with Crippen LogP contribution in [0.3, 0.4) is 0 Å². The van der Waals surface area contributed by atoms with Crippen molar-refractivity contribution in [2.24, 2.45) is 11.8 Å². The molecule has 1 aromatic rings. The maximum absolute atomic E-state index is 12.3. The number of esters is 1. The Labute approximate surface area is 107 Å². The Morgan fingerprint density at radius 1 is 1.26 bits per heavy atom. The van der Waals surface area contributed by atoms with Crippen molar-refractivity contribution in [2.45, 2.75) is 19.2 Å². The van der Waals surface area contributed by atoms with Gasteiger partial charge in [-0.25, -0.2) is 4.79 Å². The predicted octanol–water partition coefficient (Wildman–Crippen LogP) is 2.70. The summed E-state index contributed by atoms with van der Waals surface area (Å²) in [5, 5.41) is 0. The smallest absolute Gasteiger partial charge is 0.416 e. The van der Waals surface area contributed by atoms with E-state index < -0.39 is 23.8 Å². The number of carbonyl (C=O) groups is 2. The zero-order valence-corrected chi connectivity index (χ0v) is 9.98. The van der Waals surface area contributed by atoms with Gasteiger partial charge in [0.15, 0.2) is 0 Å². The molecule has 1 fully saturated rings. The van der Waals surface area contributed by atoms with Gasteiger partial charge in [-0.2, -0.15) is 13.2 Å². The van der Waals surface area contributed by atoms with Gasteiger partial charge in [0.2, 0.25) is 0 Å². The standard InChI is InChI=1S/C13H11F3O3/c1-7-10(6-17)11(7)19-12(18)8-2-4-9(5-3-8)13(14,15)16/h2-7,10-11H,1H3. The molecule has 0 saturated heterocycles. The van der Waals surface area contributed by atoms with Crippen molar-refractivity contribution in [3.63, 3.8) is 0 Å². The molecule has 3 nitrogen and oxygen atoms in total. The number of rotatable bonds is 3. The third-order valence-corrected chi connectivity index (χ3v) is 3.21. The Balaban J connectivity index is 2.03. The van der Waals surface area contributed by atoms with Gasteiger partial charge < -0.3 is 9.53 Å². The highest BCUT2D eigenvalue weighted by Crippen LogP contribution is 2.40. The molecule has 0 heterocycles. The lowest BCUT2D eigenvalue weighted by Crippen LogP contribution is -2.10. The molecule has 2 rings (SSSR count). The zero-order chi connectivity index (χ0) is 14.2. The van der Waals surface area contributed by atoms with Crippen LogP contribution in [0.4, 0.5) is 13.2 Å². The minimum absolute atomic E-state index is 0.0316. The van der Waals surface area contributed by atoms with E-state index in [0.29, 0.717) is 0 Å². The number of benzene rings is 1. The Hall–Kier alpha value is -1.85. The molecule has 6 heteroatoms. The van der Waals surface area contributed by atoms with Crippen LogP contribution in [0.2, 0.25) is 0 Å². The van der Waals surface area contributed by atoms with E-state index >= 15 is 0 Å². The van der Waals surface area contributed by atoms with E-state index in [-0.39, 0.29) is 17.4 Å². The number of ether oxygens (including phenoxy) is 1. The SMILES string of the molecule is CC1C(C=O)C1OC(=O)c1ccc(C(F)(F)F)cc1. The summed E-state index contributed by atoms with van der Waals surface area (Å²) < 4.78 is 42.0. The first-order valence-electron chi connectivity index (χ1n) is 5.68. The molecule has 1 saturated carbocycles. The van der Waals surface area contributed by atoms with Crippen molar-refractivity contribution in [3.05, 3.63) is 35.4 Å². The van der Waals surface area contributed by atoms with Gasteiger partial charge in [0.05, 0.1) is 17.0 Å². The van der Waals surface area contributed by atoms with Crippen LogP contribution in [0, 0.1) is 11.8 Å². The van der Waals surface area contributed by atoms with E-state index in [4.69, 9.17) is 4.74 Å². The molecule has 1 aromatic carbocycles. The highest BCUT2D eigenvalue weighted by atomic mass is 19.4. The second kappa shape index (κ2) is 4.68. The molecule has 0 aromatic heterocycles. The number of aldehydes is 1. The van der Waals surface area contributed by atoms with Crippen molar-refractivity contribution in [2.75, 3.05) is 0 Å². The molecule has 0 aliphatic heterocycles. The van der Waals surface area contributed by atoms with Crippen LogP contribution in [0.5, 0.6) is 0 Å². The van der Waals surface area contributed by atoms with Crippen molar-refractivity contribution >= 4 is 12.3 Å². The molecule has 3 atom stereocenters. The topological polar surface area (TPSA) is 43.4 Å². The van der Waals surface area contributed by atoms with E-state index in [1.807, 2.05) is 0 Å². The lowest BCUT2D eigenvalue weighted by atomic mass is 10.1. The van der Waals surface area contributed by atoms with Crippen molar-refractivity contribution < 1.29 is 27.5 Å². The largest absolute Gasteiger partial charge is 0.458 e. The second-order valence-corrected chi connectivity index (χ2v) is 4.52. The van der Waals surface area contributed by atoms with E-state index in [1.54, 1.807) is 6.92 Å². The first-order valence-corrected chi connectivity index (χ1v) is 5.68. The average Bonchev–Trinajstić information content (AvgIpc) is 2.97. The minimum atomic E-state index is -4.43. The molecule has 0 spiro atoms. The highest BCUT2D eigenvalue weighted by Gasteiger charge is 2.50.